The van der Waals surface area contributed by atoms with E-state index in [9.17, 15) is 17.6 Å². The fraction of sp³-hybridized carbons (Fsp3) is 0.316. The van der Waals surface area contributed by atoms with Crippen LogP contribution in [0.1, 0.15) is 10.4 Å². The smallest absolute Gasteiger partial charge is 0.253 e. The van der Waals surface area contributed by atoms with Crippen LogP contribution in [-0.4, -0.2) is 63.8 Å². The van der Waals surface area contributed by atoms with E-state index in [1.807, 2.05) is 31.1 Å². The summed E-state index contributed by atoms with van der Waals surface area (Å²) in [5, 5.41) is 0. The van der Waals surface area contributed by atoms with Crippen molar-refractivity contribution in [2.75, 3.05) is 45.2 Å². The Bertz CT molecular complexity index is 921. The number of nitrogens with zero attached hydrogens (tertiary/aromatic N) is 3. The predicted molar refractivity (Wildman–Crippen MR) is 102 cm³/mol. The highest BCUT2D eigenvalue weighted by molar-refractivity contribution is 7.89. The number of carbonyl (C=O) groups excluding carboxylic acids is 1. The van der Waals surface area contributed by atoms with Crippen molar-refractivity contribution in [2.24, 2.45) is 0 Å². The fourth-order valence-electron chi connectivity index (χ4n) is 3.01. The molecule has 144 valence electrons. The maximum absolute atomic E-state index is 13.9. The lowest BCUT2D eigenvalue weighted by Gasteiger charge is -2.34. The van der Waals surface area contributed by atoms with Gasteiger partial charge in [-0.05, 0) is 36.4 Å². The Kier molecular flexibility index (Phi) is 5.48. The molecule has 6 nitrogen and oxygen atoms in total. The molecule has 1 aliphatic heterocycles. The minimum absolute atomic E-state index is 0.136. The highest BCUT2D eigenvalue weighted by Crippen LogP contribution is 2.21. The molecule has 0 saturated carbocycles. The monoisotopic (exact) mass is 391 g/mol. The molecule has 1 aliphatic rings. The maximum atomic E-state index is 13.9. The SMILES string of the molecule is CN(C)c1ccc(C(=O)N2CCN(S(=O)(=O)c3ccccc3F)CC2)cc1. The Morgan fingerprint density at radius 3 is 2.11 bits per heavy atom. The van der Waals surface area contributed by atoms with Crippen molar-refractivity contribution in [3.05, 3.63) is 59.9 Å². The highest BCUT2D eigenvalue weighted by atomic mass is 32.2. The van der Waals surface area contributed by atoms with Crippen molar-refractivity contribution in [3.63, 3.8) is 0 Å². The normalized spacial score (nSPS) is 15.6. The van der Waals surface area contributed by atoms with Crippen molar-refractivity contribution in [2.45, 2.75) is 4.90 Å². The molecule has 0 N–H and O–H groups in total. The van der Waals surface area contributed by atoms with Gasteiger partial charge in [-0.2, -0.15) is 4.31 Å². The van der Waals surface area contributed by atoms with Crippen molar-refractivity contribution in [1.82, 2.24) is 9.21 Å². The van der Waals surface area contributed by atoms with Crippen LogP contribution in [0.5, 0.6) is 0 Å². The van der Waals surface area contributed by atoms with Crippen molar-refractivity contribution >= 4 is 21.6 Å². The third kappa shape index (κ3) is 3.96. The Morgan fingerprint density at radius 2 is 1.56 bits per heavy atom. The molecule has 3 rings (SSSR count). The minimum Gasteiger partial charge on any atom is -0.378 e. The molecule has 0 atom stereocenters. The zero-order valence-electron chi connectivity index (χ0n) is 15.3. The van der Waals surface area contributed by atoms with Gasteiger partial charge in [0.2, 0.25) is 10.0 Å². The molecule has 2 aromatic carbocycles. The van der Waals surface area contributed by atoms with Gasteiger partial charge in [-0.3, -0.25) is 4.79 Å². The first-order chi connectivity index (χ1) is 12.8. The average molecular weight is 391 g/mol. The van der Waals surface area contributed by atoms with Crippen LogP contribution in [0.15, 0.2) is 53.4 Å². The summed E-state index contributed by atoms with van der Waals surface area (Å²) in [6, 6.07) is 12.6. The Morgan fingerprint density at radius 1 is 0.963 bits per heavy atom. The van der Waals surface area contributed by atoms with Crippen LogP contribution in [0.3, 0.4) is 0 Å². The van der Waals surface area contributed by atoms with E-state index in [4.69, 9.17) is 0 Å². The number of piperazine rings is 1. The van der Waals surface area contributed by atoms with Gasteiger partial charge in [0.1, 0.15) is 10.7 Å². The molecule has 1 saturated heterocycles. The lowest BCUT2D eigenvalue weighted by molar-refractivity contribution is 0.0697. The molecular formula is C19H22FN3O3S. The van der Waals surface area contributed by atoms with E-state index in [-0.39, 0.29) is 37.0 Å². The zero-order chi connectivity index (χ0) is 19.6. The molecular weight excluding hydrogens is 369 g/mol. The fourth-order valence-corrected chi connectivity index (χ4v) is 4.50. The third-order valence-electron chi connectivity index (χ3n) is 4.61. The lowest BCUT2D eigenvalue weighted by atomic mass is 10.1. The van der Waals surface area contributed by atoms with Gasteiger partial charge in [0, 0.05) is 51.5 Å². The van der Waals surface area contributed by atoms with Gasteiger partial charge in [-0.15, -0.1) is 0 Å². The number of benzene rings is 2. The molecule has 0 spiro atoms. The summed E-state index contributed by atoms with van der Waals surface area (Å²) in [6.45, 7) is 0.806. The van der Waals surface area contributed by atoms with E-state index in [0.29, 0.717) is 5.56 Å². The quantitative estimate of drug-likeness (QED) is 0.800. The van der Waals surface area contributed by atoms with Crippen LogP contribution in [-0.2, 0) is 10.0 Å². The molecule has 1 amide bonds. The second-order valence-electron chi connectivity index (χ2n) is 6.57. The first-order valence-electron chi connectivity index (χ1n) is 8.62. The summed E-state index contributed by atoms with van der Waals surface area (Å²) < 4.78 is 40.4. The lowest BCUT2D eigenvalue weighted by Crippen LogP contribution is -2.50. The van der Waals surface area contributed by atoms with E-state index in [1.54, 1.807) is 17.0 Å². The second kappa shape index (κ2) is 7.66. The van der Waals surface area contributed by atoms with Crippen LogP contribution in [0, 0.1) is 5.82 Å². The summed E-state index contributed by atoms with van der Waals surface area (Å²) in [6.07, 6.45) is 0. The van der Waals surface area contributed by atoms with Gasteiger partial charge >= 0.3 is 0 Å². The first kappa shape index (κ1) is 19.3. The van der Waals surface area contributed by atoms with Crippen LogP contribution in [0.2, 0.25) is 0 Å². The second-order valence-corrected chi connectivity index (χ2v) is 8.47. The Labute approximate surface area is 158 Å². The van der Waals surface area contributed by atoms with Gasteiger partial charge in [0.05, 0.1) is 0 Å². The molecule has 0 aliphatic carbocycles. The molecule has 8 heteroatoms. The van der Waals surface area contributed by atoms with Crippen molar-refractivity contribution < 1.29 is 17.6 Å². The number of halogens is 1. The van der Waals surface area contributed by atoms with Gasteiger partial charge in [0.25, 0.3) is 5.91 Å². The molecule has 27 heavy (non-hydrogen) atoms. The predicted octanol–water partition coefficient (Wildman–Crippen LogP) is 2.04. The number of carbonyl (C=O) groups is 1. The molecule has 0 unspecified atom stereocenters. The van der Waals surface area contributed by atoms with E-state index in [1.165, 1.54) is 22.5 Å². The summed E-state index contributed by atoms with van der Waals surface area (Å²) in [7, 11) is -0.0614. The van der Waals surface area contributed by atoms with E-state index in [2.05, 4.69) is 0 Å². The van der Waals surface area contributed by atoms with Crippen LogP contribution >= 0.6 is 0 Å². The van der Waals surface area contributed by atoms with Crippen LogP contribution in [0.25, 0.3) is 0 Å². The summed E-state index contributed by atoms with van der Waals surface area (Å²) >= 11 is 0. The van der Waals surface area contributed by atoms with E-state index in [0.717, 1.165) is 11.8 Å². The van der Waals surface area contributed by atoms with Crippen molar-refractivity contribution in [3.8, 4) is 0 Å². The molecule has 2 aromatic rings. The van der Waals surface area contributed by atoms with Gasteiger partial charge in [-0.25, -0.2) is 12.8 Å². The molecule has 0 radical (unpaired) electrons. The summed E-state index contributed by atoms with van der Waals surface area (Å²) in [4.78, 5) is 15.9. The molecule has 1 heterocycles. The maximum Gasteiger partial charge on any atom is 0.253 e. The van der Waals surface area contributed by atoms with Crippen LogP contribution in [0.4, 0.5) is 10.1 Å². The highest BCUT2D eigenvalue weighted by Gasteiger charge is 2.32. The summed E-state index contributed by atoms with van der Waals surface area (Å²) in [5.41, 5.74) is 1.55. The standard InChI is InChI=1S/C19H22FN3O3S/c1-21(2)16-9-7-15(8-10-16)19(24)22-11-13-23(14-12-22)27(25,26)18-6-4-3-5-17(18)20/h3-10H,11-14H2,1-2H3. The minimum atomic E-state index is -3.91. The number of hydrogen-bond acceptors (Lipinski definition) is 4. The molecule has 0 bridgehead atoms. The Hall–Kier alpha value is -2.45. The largest absolute Gasteiger partial charge is 0.378 e. The third-order valence-corrected chi connectivity index (χ3v) is 6.54. The summed E-state index contributed by atoms with van der Waals surface area (Å²) in [5.74, 6) is -0.903. The topological polar surface area (TPSA) is 60.9 Å². The first-order valence-corrected chi connectivity index (χ1v) is 10.1. The molecule has 1 fully saturated rings. The van der Waals surface area contributed by atoms with Crippen LogP contribution < -0.4 is 4.90 Å². The van der Waals surface area contributed by atoms with Gasteiger partial charge < -0.3 is 9.80 Å². The van der Waals surface area contributed by atoms with Gasteiger partial charge in [0.15, 0.2) is 0 Å². The van der Waals surface area contributed by atoms with E-state index < -0.39 is 15.8 Å². The van der Waals surface area contributed by atoms with Gasteiger partial charge in [-0.1, -0.05) is 12.1 Å². The molecule has 0 aromatic heterocycles. The number of anilines is 1. The number of amides is 1. The van der Waals surface area contributed by atoms with Crippen molar-refractivity contribution in [1.29, 1.82) is 0 Å². The average Bonchev–Trinajstić information content (AvgIpc) is 2.68. The van der Waals surface area contributed by atoms with E-state index >= 15 is 0 Å². The number of sulfonamides is 1. The number of rotatable bonds is 4. The Balaban J connectivity index is 1.68. The number of hydrogen-bond donors (Lipinski definition) is 0. The zero-order valence-corrected chi connectivity index (χ0v) is 16.1.